The van der Waals surface area contributed by atoms with E-state index in [0.29, 0.717) is 12.2 Å². The van der Waals surface area contributed by atoms with Crippen molar-refractivity contribution in [2.45, 2.75) is 64.0 Å². The number of carbonyl (C=O) groups is 1. The standard InChI is InChI=1S/C21H36N2O6SSi/c1-21(2,3)31(6,7)29-15-19-18(12-13-22(19)20(24)25)23(30(5,26)27)14-16-8-10-17(28-4)11-9-16/h8-11,18-19H,12-15H2,1-7H3,(H,24,25)/t18-,19-/m0/s1. The predicted molar refractivity (Wildman–Crippen MR) is 123 cm³/mol. The quantitative estimate of drug-likeness (QED) is 0.581. The molecule has 8 nitrogen and oxygen atoms in total. The van der Waals surface area contributed by atoms with Crippen LogP contribution >= 0.6 is 0 Å². The van der Waals surface area contributed by atoms with Crippen LogP contribution in [0.4, 0.5) is 4.79 Å². The van der Waals surface area contributed by atoms with Gasteiger partial charge in [-0.1, -0.05) is 32.9 Å². The molecule has 31 heavy (non-hydrogen) atoms. The van der Waals surface area contributed by atoms with E-state index in [2.05, 4.69) is 33.9 Å². The van der Waals surface area contributed by atoms with Gasteiger partial charge in [0.1, 0.15) is 5.75 Å². The highest BCUT2D eigenvalue weighted by atomic mass is 32.2. The van der Waals surface area contributed by atoms with E-state index in [1.54, 1.807) is 19.2 Å². The molecule has 0 unspecified atom stereocenters. The lowest BCUT2D eigenvalue weighted by Crippen LogP contribution is -2.53. The van der Waals surface area contributed by atoms with E-state index in [0.717, 1.165) is 5.56 Å². The van der Waals surface area contributed by atoms with E-state index < -0.39 is 36.5 Å². The highest BCUT2D eigenvalue weighted by Crippen LogP contribution is 2.37. The van der Waals surface area contributed by atoms with Crippen molar-refractivity contribution in [2.75, 3.05) is 26.5 Å². The molecular weight excluding hydrogens is 436 g/mol. The summed E-state index contributed by atoms with van der Waals surface area (Å²) in [5.41, 5.74) is 0.809. The van der Waals surface area contributed by atoms with Crippen LogP contribution in [-0.2, 0) is 21.0 Å². The molecule has 0 aromatic heterocycles. The number of amides is 1. The normalized spacial score (nSPS) is 20.3. The maximum Gasteiger partial charge on any atom is 0.407 e. The number of nitrogens with zero attached hydrogens (tertiary/aromatic N) is 2. The summed E-state index contributed by atoms with van der Waals surface area (Å²) in [6.07, 6.45) is 0.552. The molecule has 1 amide bonds. The Morgan fingerprint density at radius 3 is 2.29 bits per heavy atom. The molecule has 1 heterocycles. The Labute approximate surface area is 187 Å². The van der Waals surface area contributed by atoms with E-state index in [1.165, 1.54) is 15.5 Å². The van der Waals surface area contributed by atoms with Gasteiger partial charge < -0.3 is 19.2 Å². The molecule has 1 aliphatic rings. The first kappa shape index (κ1) is 25.6. The van der Waals surface area contributed by atoms with Crippen molar-refractivity contribution in [3.8, 4) is 5.75 Å². The first-order chi connectivity index (χ1) is 14.2. The molecular formula is C21H36N2O6SSi. The molecule has 1 aliphatic heterocycles. The monoisotopic (exact) mass is 472 g/mol. The highest BCUT2D eigenvalue weighted by molar-refractivity contribution is 7.88. The Hall–Kier alpha value is -1.62. The molecule has 0 saturated carbocycles. The van der Waals surface area contributed by atoms with E-state index in [1.807, 2.05) is 12.1 Å². The zero-order valence-electron chi connectivity index (χ0n) is 19.6. The van der Waals surface area contributed by atoms with Crippen molar-refractivity contribution in [3.05, 3.63) is 29.8 Å². The van der Waals surface area contributed by atoms with Crippen LogP contribution in [0.15, 0.2) is 24.3 Å². The summed E-state index contributed by atoms with van der Waals surface area (Å²) < 4.78 is 38.4. The molecule has 10 heteroatoms. The van der Waals surface area contributed by atoms with Crippen LogP contribution in [0.25, 0.3) is 0 Å². The van der Waals surface area contributed by atoms with Crippen molar-refractivity contribution < 1.29 is 27.5 Å². The fourth-order valence-corrected chi connectivity index (χ4v) is 5.66. The Morgan fingerprint density at radius 2 is 1.84 bits per heavy atom. The van der Waals surface area contributed by atoms with E-state index in [-0.39, 0.29) is 24.7 Å². The number of methoxy groups -OCH3 is 1. The van der Waals surface area contributed by atoms with Gasteiger partial charge in [-0.2, -0.15) is 4.31 Å². The van der Waals surface area contributed by atoms with Gasteiger partial charge >= 0.3 is 6.09 Å². The van der Waals surface area contributed by atoms with Crippen LogP contribution in [-0.4, -0.2) is 75.7 Å². The Bertz CT molecular complexity index is 867. The molecule has 0 bridgehead atoms. The summed E-state index contributed by atoms with van der Waals surface area (Å²) in [5, 5.41) is 9.69. The van der Waals surface area contributed by atoms with Crippen molar-refractivity contribution in [3.63, 3.8) is 0 Å². The largest absolute Gasteiger partial charge is 0.497 e. The summed E-state index contributed by atoms with van der Waals surface area (Å²) in [6.45, 7) is 11.2. The maximum absolute atomic E-state index is 12.7. The number of carboxylic acid groups (broad SMARTS) is 1. The number of sulfonamides is 1. The minimum atomic E-state index is -3.59. The SMILES string of the molecule is COc1ccc(CN([C@H]2CCN(C(=O)O)[C@H]2CO[Si](C)(C)C(C)(C)C)S(C)(=O)=O)cc1. The van der Waals surface area contributed by atoms with Gasteiger partial charge in [0.05, 0.1) is 26.0 Å². The molecule has 2 rings (SSSR count). The first-order valence-corrected chi connectivity index (χ1v) is 15.2. The zero-order chi connectivity index (χ0) is 23.6. The first-order valence-electron chi connectivity index (χ1n) is 10.4. The summed E-state index contributed by atoms with van der Waals surface area (Å²) in [6, 6.07) is 6.17. The zero-order valence-corrected chi connectivity index (χ0v) is 21.4. The van der Waals surface area contributed by atoms with Crippen molar-refractivity contribution in [1.82, 2.24) is 9.21 Å². The maximum atomic E-state index is 12.7. The topological polar surface area (TPSA) is 96.4 Å². The van der Waals surface area contributed by atoms with Gasteiger partial charge in [0.25, 0.3) is 0 Å². The molecule has 0 radical (unpaired) electrons. The fraction of sp³-hybridized carbons (Fsp3) is 0.667. The van der Waals surface area contributed by atoms with Gasteiger partial charge in [0, 0.05) is 19.1 Å². The molecule has 1 aromatic rings. The molecule has 2 atom stereocenters. The lowest BCUT2D eigenvalue weighted by molar-refractivity contribution is 0.103. The minimum Gasteiger partial charge on any atom is -0.497 e. The van der Waals surface area contributed by atoms with Crippen LogP contribution in [0.1, 0.15) is 32.8 Å². The van der Waals surface area contributed by atoms with E-state index in [4.69, 9.17) is 9.16 Å². The van der Waals surface area contributed by atoms with Gasteiger partial charge in [-0.05, 0) is 42.2 Å². The second-order valence-corrected chi connectivity index (χ2v) is 16.4. The summed E-state index contributed by atoms with van der Waals surface area (Å²) in [4.78, 5) is 13.2. The fourth-order valence-electron chi connectivity index (χ4n) is 3.51. The second-order valence-electron chi connectivity index (χ2n) is 9.63. The van der Waals surface area contributed by atoms with Gasteiger partial charge in [-0.25, -0.2) is 13.2 Å². The molecule has 1 aromatic carbocycles. The number of hydrogen-bond acceptors (Lipinski definition) is 5. The van der Waals surface area contributed by atoms with Crippen LogP contribution in [0, 0.1) is 0 Å². The summed E-state index contributed by atoms with van der Waals surface area (Å²) >= 11 is 0. The summed E-state index contributed by atoms with van der Waals surface area (Å²) in [7, 11) is -4.15. The van der Waals surface area contributed by atoms with E-state index >= 15 is 0 Å². The Morgan fingerprint density at radius 1 is 1.26 bits per heavy atom. The van der Waals surface area contributed by atoms with Gasteiger partial charge in [0.2, 0.25) is 10.0 Å². The number of ether oxygens (including phenoxy) is 1. The van der Waals surface area contributed by atoms with Crippen molar-refractivity contribution >= 4 is 24.4 Å². The minimum absolute atomic E-state index is 0.0330. The third-order valence-corrected chi connectivity index (χ3v) is 12.2. The van der Waals surface area contributed by atoms with Gasteiger partial charge in [-0.3, -0.25) is 0 Å². The molecule has 1 fully saturated rings. The van der Waals surface area contributed by atoms with Gasteiger partial charge in [-0.15, -0.1) is 0 Å². The highest BCUT2D eigenvalue weighted by Gasteiger charge is 2.45. The van der Waals surface area contributed by atoms with Gasteiger partial charge in [0.15, 0.2) is 8.32 Å². The smallest absolute Gasteiger partial charge is 0.407 e. The van der Waals surface area contributed by atoms with Crippen molar-refractivity contribution in [2.24, 2.45) is 0 Å². The molecule has 176 valence electrons. The Balaban J connectivity index is 2.32. The Kier molecular flexibility index (Phi) is 7.84. The number of hydrogen-bond donors (Lipinski definition) is 1. The lowest BCUT2D eigenvalue weighted by atomic mass is 10.1. The second kappa shape index (κ2) is 9.48. The molecule has 1 saturated heterocycles. The average molecular weight is 473 g/mol. The number of likely N-dealkylation sites (tertiary alicyclic amines) is 1. The van der Waals surface area contributed by atoms with Crippen LogP contribution < -0.4 is 4.74 Å². The van der Waals surface area contributed by atoms with Crippen LogP contribution in [0.2, 0.25) is 18.1 Å². The van der Waals surface area contributed by atoms with Crippen LogP contribution in [0.5, 0.6) is 5.75 Å². The van der Waals surface area contributed by atoms with Crippen LogP contribution in [0.3, 0.4) is 0 Å². The third-order valence-electron chi connectivity index (χ3n) is 6.47. The average Bonchev–Trinajstić information content (AvgIpc) is 3.06. The molecule has 1 N–H and O–H groups in total. The molecule has 0 aliphatic carbocycles. The van der Waals surface area contributed by atoms with E-state index in [9.17, 15) is 18.3 Å². The predicted octanol–water partition coefficient (Wildman–Crippen LogP) is 3.60. The van der Waals surface area contributed by atoms with Crippen molar-refractivity contribution in [1.29, 1.82) is 0 Å². The molecule has 0 spiro atoms. The third kappa shape index (κ3) is 6.21. The number of rotatable bonds is 8. The summed E-state index contributed by atoms with van der Waals surface area (Å²) in [5.74, 6) is 0.688. The lowest BCUT2D eigenvalue weighted by Gasteiger charge is -2.39. The number of benzene rings is 1.